The number of hydrogen-bond donors (Lipinski definition) is 0. The summed E-state index contributed by atoms with van der Waals surface area (Å²) in [5, 5.41) is 0. The molecule has 0 bridgehead atoms. The zero-order chi connectivity index (χ0) is 10.9. The van der Waals surface area contributed by atoms with Gasteiger partial charge in [0.25, 0.3) is 0 Å². The van der Waals surface area contributed by atoms with E-state index in [1.54, 1.807) is 0 Å². The van der Waals surface area contributed by atoms with Crippen molar-refractivity contribution in [2.45, 2.75) is 37.2 Å². The minimum Gasteiger partial charge on any atom is -0.336 e. The lowest BCUT2D eigenvalue weighted by molar-refractivity contribution is 0.173. The molecule has 1 unspecified atom stereocenters. The van der Waals surface area contributed by atoms with E-state index in [0.717, 1.165) is 13.1 Å². The van der Waals surface area contributed by atoms with E-state index in [1.807, 2.05) is 18.7 Å². The molecule has 0 spiro atoms. The van der Waals surface area contributed by atoms with Crippen molar-refractivity contribution in [1.82, 2.24) is 14.5 Å². The van der Waals surface area contributed by atoms with Crippen molar-refractivity contribution in [3.63, 3.8) is 0 Å². The second-order valence-corrected chi connectivity index (χ2v) is 5.80. The molecule has 0 saturated carbocycles. The Labute approximate surface area is 99.6 Å². The summed E-state index contributed by atoms with van der Waals surface area (Å²) in [7, 11) is 0. The highest BCUT2D eigenvalue weighted by Crippen LogP contribution is 2.33. The minimum atomic E-state index is 0.278. The largest absolute Gasteiger partial charge is 0.336 e. The lowest BCUT2D eigenvalue weighted by Crippen LogP contribution is -2.44. The van der Waals surface area contributed by atoms with Gasteiger partial charge in [0.15, 0.2) is 0 Å². The van der Waals surface area contributed by atoms with Crippen LogP contribution < -0.4 is 0 Å². The van der Waals surface area contributed by atoms with Gasteiger partial charge in [-0.3, -0.25) is 4.90 Å². The van der Waals surface area contributed by atoms with Gasteiger partial charge in [0.05, 0.1) is 6.33 Å². The van der Waals surface area contributed by atoms with Crippen LogP contribution >= 0.6 is 15.9 Å². The molecule has 4 heteroatoms. The lowest BCUT2D eigenvalue weighted by Gasteiger charge is -2.33. The Kier molecular flexibility index (Phi) is 3.16. The first-order valence-corrected chi connectivity index (χ1v) is 6.37. The Bertz CT molecular complexity index is 308. The Morgan fingerprint density at radius 3 is 2.80 bits per heavy atom. The fourth-order valence-electron chi connectivity index (χ4n) is 2.16. The minimum absolute atomic E-state index is 0.278. The molecule has 0 radical (unpaired) electrons. The highest BCUT2D eigenvalue weighted by Gasteiger charge is 2.39. The van der Waals surface area contributed by atoms with Gasteiger partial charge in [0.2, 0.25) is 0 Å². The molecule has 3 nitrogen and oxygen atoms in total. The number of likely N-dealkylation sites (tertiary alicyclic amines) is 1. The van der Waals surface area contributed by atoms with Crippen LogP contribution in [-0.2, 0) is 6.54 Å². The fraction of sp³-hybridized carbons (Fsp3) is 0.727. The molecule has 1 aliphatic rings. The second-order valence-electron chi connectivity index (χ2n) is 4.70. The van der Waals surface area contributed by atoms with Gasteiger partial charge in [-0.05, 0) is 26.8 Å². The maximum absolute atomic E-state index is 4.05. The Balaban J connectivity index is 1.90. The predicted molar refractivity (Wildman–Crippen MR) is 65.2 cm³/mol. The van der Waals surface area contributed by atoms with E-state index in [1.165, 1.54) is 13.0 Å². The van der Waals surface area contributed by atoms with E-state index < -0.39 is 0 Å². The molecular weight excluding hydrogens is 254 g/mol. The van der Waals surface area contributed by atoms with Gasteiger partial charge >= 0.3 is 0 Å². The third-order valence-electron chi connectivity index (χ3n) is 3.42. The molecular formula is C11H18BrN3. The van der Waals surface area contributed by atoms with Crippen molar-refractivity contribution in [1.29, 1.82) is 0 Å². The molecule has 0 aromatic carbocycles. The van der Waals surface area contributed by atoms with Gasteiger partial charge in [0.1, 0.15) is 0 Å². The number of hydrogen-bond acceptors (Lipinski definition) is 2. The number of rotatable bonds is 3. The van der Waals surface area contributed by atoms with E-state index in [-0.39, 0.29) is 5.54 Å². The summed E-state index contributed by atoms with van der Waals surface area (Å²) in [6.45, 7) is 7.95. The maximum Gasteiger partial charge on any atom is 0.0946 e. The van der Waals surface area contributed by atoms with Crippen LogP contribution in [0.2, 0.25) is 0 Å². The van der Waals surface area contributed by atoms with Crippen LogP contribution in [0.15, 0.2) is 18.7 Å². The standard InChI is InChI=1S/C11H18BrN3/c1-11(2)10(12)3-5-15(11)8-7-14-6-4-13-9-14/h4,6,9-10H,3,5,7-8H2,1-2H3. The summed E-state index contributed by atoms with van der Waals surface area (Å²) in [6.07, 6.45) is 6.99. The smallest absolute Gasteiger partial charge is 0.0946 e. The topological polar surface area (TPSA) is 21.1 Å². The molecule has 0 N–H and O–H groups in total. The zero-order valence-electron chi connectivity index (χ0n) is 9.36. The predicted octanol–water partition coefficient (Wildman–Crippen LogP) is 2.13. The second kappa shape index (κ2) is 4.26. The highest BCUT2D eigenvalue weighted by atomic mass is 79.9. The van der Waals surface area contributed by atoms with Crippen molar-refractivity contribution in [2.24, 2.45) is 0 Å². The van der Waals surface area contributed by atoms with E-state index in [2.05, 4.69) is 44.2 Å². The van der Waals surface area contributed by atoms with Gasteiger partial charge < -0.3 is 4.57 Å². The first-order valence-electron chi connectivity index (χ1n) is 5.45. The van der Waals surface area contributed by atoms with Crippen LogP contribution in [0.4, 0.5) is 0 Å². The van der Waals surface area contributed by atoms with Gasteiger partial charge in [-0.2, -0.15) is 0 Å². The molecule has 1 aromatic rings. The monoisotopic (exact) mass is 271 g/mol. The van der Waals surface area contributed by atoms with Crippen molar-refractivity contribution in [3.05, 3.63) is 18.7 Å². The summed E-state index contributed by atoms with van der Waals surface area (Å²) in [5.74, 6) is 0. The molecule has 1 atom stereocenters. The lowest BCUT2D eigenvalue weighted by atomic mass is 10.0. The van der Waals surface area contributed by atoms with Crippen LogP contribution in [0, 0.1) is 0 Å². The summed E-state index contributed by atoms with van der Waals surface area (Å²) in [5.41, 5.74) is 0.278. The normalized spacial score (nSPS) is 25.9. The number of halogens is 1. The van der Waals surface area contributed by atoms with Gasteiger partial charge in [0, 0.05) is 35.8 Å². The number of aromatic nitrogens is 2. The first kappa shape index (κ1) is 11.1. The van der Waals surface area contributed by atoms with Crippen molar-refractivity contribution in [2.75, 3.05) is 13.1 Å². The summed E-state index contributed by atoms with van der Waals surface area (Å²) >= 11 is 3.76. The Hall–Kier alpha value is -0.350. The van der Waals surface area contributed by atoms with Gasteiger partial charge in [-0.15, -0.1) is 0 Å². The first-order chi connectivity index (χ1) is 7.10. The van der Waals surface area contributed by atoms with Crippen LogP contribution in [0.25, 0.3) is 0 Å². The van der Waals surface area contributed by atoms with Gasteiger partial charge in [-0.25, -0.2) is 4.98 Å². The van der Waals surface area contributed by atoms with Crippen LogP contribution in [-0.4, -0.2) is 37.9 Å². The average Bonchev–Trinajstić information content (AvgIpc) is 2.76. The summed E-state index contributed by atoms with van der Waals surface area (Å²) in [6, 6.07) is 0. The third-order valence-corrected chi connectivity index (χ3v) is 5.00. The van der Waals surface area contributed by atoms with Gasteiger partial charge in [-0.1, -0.05) is 15.9 Å². The molecule has 2 rings (SSSR count). The fourth-order valence-corrected chi connectivity index (χ4v) is 2.66. The van der Waals surface area contributed by atoms with Crippen LogP contribution in [0.5, 0.6) is 0 Å². The average molecular weight is 272 g/mol. The van der Waals surface area contributed by atoms with Crippen molar-refractivity contribution < 1.29 is 0 Å². The number of imidazole rings is 1. The molecule has 2 heterocycles. The molecule has 15 heavy (non-hydrogen) atoms. The molecule has 84 valence electrons. The molecule has 1 saturated heterocycles. The molecule has 0 aliphatic carbocycles. The van der Waals surface area contributed by atoms with Crippen LogP contribution in [0.1, 0.15) is 20.3 Å². The van der Waals surface area contributed by atoms with E-state index in [9.17, 15) is 0 Å². The Morgan fingerprint density at radius 2 is 2.27 bits per heavy atom. The molecule has 1 aromatic heterocycles. The number of nitrogens with zero attached hydrogens (tertiary/aromatic N) is 3. The van der Waals surface area contributed by atoms with Crippen LogP contribution in [0.3, 0.4) is 0 Å². The molecule has 0 amide bonds. The van der Waals surface area contributed by atoms with E-state index in [4.69, 9.17) is 0 Å². The number of alkyl halides is 1. The summed E-state index contributed by atoms with van der Waals surface area (Å²) < 4.78 is 2.14. The maximum atomic E-state index is 4.05. The van der Waals surface area contributed by atoms with E-state index in [0.29, 0.717) is 4.83 Å². The molecule has 1 aliphatic heterocycles. The SMILES string of the molecule is CC1(C)C(Br)CCN1CCn1ccnc1. The highest BCUT2D eigenvalue weighted by molar-refractivity contribution is 9.09. The summed E-state index contributed by atoms with van der Waals surface area (Å²) in [4.78, 5) is 7.22. The van der Waals surface area contributed by atoms with Crippen molar-refractivity contribution >= 4 is 15.9 Å². The quantitative estimate of drug-likeness (QED) is 0.786. The Morgan fingerprint density at radius 1 is 1.47 bits per heavy atom. The third kappa shape index (κ3) is 2.26. The van der Waals surface area contributed by atoms with E-state index >= 15 is 0 Å². The molecule has 1 fully saturated rings. The van der Waals surface area contributed by atoms with Crippen molar-refractivity contribution in [3.8, 4) is 0 Å². The zero-order valence-corrected chi connectivity index (χ0v) is 10.9.